The smallest absolute Gasteiger partial charge is 0.262 e. The van der Waals surface area contributed by atoms with Gasteiger partial charge in [0.15, 0.2) is 6.61 Å². The molecule has 0 bridgehead atoms. The molecular weight excluding hydrogens is 352 g/mol. The van der Waals surface area contributed by atoms with Crippen LogP contribution in [0.4, 0.5) is 5.69 Å². The summed E-state index contributed by atoms with van der Waals surface area (Å²) >= 11 is 0. The summed E-state index contributed by atoms with van der Waals surface area (Å²) in [5.74, 6) is -0.170. The summed E-state index contributed by atoms with van der Waals surface area (Å²) in [6.07, 6.45) is 0. The van der Waals surface area contributed by atoms with Gasteiger partial charge in [-0.05, 0) is 42.3 Å². The molecule has 3 rings (SSSR count). The Morgan fingerprint density at radius 2 is 1.64 bits per heavy atom. The second-order valence-electron chi connectivity index (χ2n) is 6.37. The van der Waals surface area contributed by atoms with E-state index in [1.807, 2.05) is 61.5 Å². The molecule has 28 heavy (non-hydrogen) atoms. The third-order valence-electron chi connectivity index (χ3n) is 4.09. The average molecular weight is 374 g/mol. The Bertz CT molecular complexity index is 955. The Morgan fingerprint density at radius 1 is 0.893 bits per heavy atom. The molecule has 0 atom stereocenters. The number of ether oxygens (including phenoxy) is 1. The van der Waals surface area contributed by atoms with Gasteiger partial charge >= 0.3 is 0 Å². The van der Waals surface area contributed by atoms with Crippen molar-refractivity contribution < 1.29 is 14.3 Å². The molecule has 0 aliphatic heterocycles. The van der Waals surface area contributed by atoms with E-state index in [1.54, 1.807) is 24.3 Å². The summed E-state index contributed by atoms with van der Waals surface area (Å²) in [4.78, 5) is 24.7. The Morgan fingerprint density at radius 3 is 2.43 bits per heavy atom. The van der Waals surface area contributed by atoms with Crippen molar-refractivity contribution in [3.05, 3.63) is 95.6 Å². The van der Waals surface area contributed by atoms with Gasteiger partial charge in [0.05, 0.1) is 5.56 Å². The number of benzene rings is 3. The van der Waals surface area contributed by atoms with E-state index in [-0.39, 0.29) is 18.4 Å². The Balaban J connectivity index is 1.58. The molecule has 0 aliphatic carbocycles. The topological polar surface area (TPSA) is 67.4 Å². The van der Waals surface area contributed by atoms with E-state index in [9.17, 15) is 9.59 Å². The molecule has 0 aliphatic rings. The first-order chi connectivity index (χ1) is 13.6. The first-order valence-corrected chi connectivity index (χ1v) is 9.02. The summed E-state index contributed by atoms with van der Waals surface area (Å²) < 4.78 is 5.60. The normalized spacial score (nSPS) is 10.2. The lowest BCUT2D eigenvalue weighted by Crippen LogP contribution is -2.25. The van der Waals surface area contributed by atoms with Crippen LogP contribution in [0.3, 0.4) is 0 Å². The molecule has 0 aromatic heterocycles. The molecule has 2 N–H and O–H groups in total. The van der Waals surface area contributed by atoms with E-state index in [2.05, 4.69) is 10.6 Å². The van der Waals surface area contributed by atoms with Gasteiger partial charge in [-0.3, -0.25) is 9.59 Å². The number of hydrogen-bond donors (Lipinski definition) is 2. The third-order valence-corrected chi connectivity index (χ3v) is 4.09. The van der Waals surface area contributed by atoms with Crippen LogP contribution in [0.5, 0.6) is 5.75 Å². The van der Waals surface area contributed by atoms with Crippen molar-refractivity contribution >= 4 is 17.5 Å². The quantitative estimate of drug-likeness (QED) is 0.658. The molecule has 0 spiro atoms. The molecule has 0 saturated heterocycles. The first-order valence-electron chi connectivity index (χ1n) is 9.02. The van der Waals surface area contributed by atoms with Gasteiger partial charge in [0, 0.05) is 12.2 Å². The maximum atomic E-state index is 12.5. The predicted octanol–water partition coefficient (Wildman–Crippen LogP) is 3.94. The van der Waals surface area contributed by atoms with Crippen LogP contribution >= 0.6 is 0 Å². The summed E-state index contributed by atoms with van der Waals surface area (Å²) in [5, 5.41) is 5.65. The monoisotopic (exact) mass is 374 g/mol. The molecular formula is C23H22N2O3. The minimum atomic E-state index is -0.287. The molecule has 0 saturated carbocycles. The maximum Gasteiger partial charge on any atom is 0.262 e. The second-order valence-corrected chi connectivity index (χ2v) is 6.37. The number of para-hydroxylation sites is 1. The maximum absolute atomic E-state index is 12.5. The molecule has 3 aromatic carbocycles. The summed E-state index contributed by atoms with van der Waals surface area (Å²) in [6.45, 7) is 2.19. The Labute approximate surface area is 164 Å². The second kappa shape index (κ2) is 9.37. The van der Waals surface area contributed by atoms with E-state index < -0.39 is 0 Å². The van der Waals surface area contributed by atoms with Crippen LogP contribution in [-0.4, -0.2) is 18.4 Å². The van der Waals surface area contributed by atoms with E-state index in [1.165, 1.54) is 0 Å². The minimum Gasteiger partial charge on any atom is -0.483 e. The fraction of sp³-hybridized carbons (Fsp3) is 0.130. The van der Waals surface area contributed by atoms with Crippen LogP contribution in [0.25, 0.3) is 0 Å². The van der Waals surface area contributed by atoms with Crippen LogP contribution in [-0.2, 0) is 11.3 Å². The Kier molecular flexibility index (Phi) is 6.41. The molecule has 2 amide bonds. The number of carbonyl (C=O) groups excluding carboxylic acids is 2. The molecule has 142 valence electrons. The average Bonchev–Trinajstić information content (AvgIpc) is 2.71. The van der Waals surface area contributed by atoms with Crippen molar-refractivity contribution in [2.45, 2.75) is 13.5 Å². The van der Waals surface area contributed by atoms with Crippen LogP contribution in [0.1, 0.15) is 21.5 Å². The van der Waals surface area contributed by atoms with Crippen molar-refractivity contribution in [2.75, 3.05) is 11.9 Å². The highest BCUT2D eigenvalue weighted by molar-refractivity contribution is 5.97. The number of aryl methyl sites for hydroxylation is 1. The molecule has 0 radical (unpaired) electrons. The van der Waals surface area contributed by atoms with Crippen LogP contribution in [0, 0.1) is 6.92 Å². The van der Waals surface area contributed by atoms with E-state index >= 15 is 0 Å². The number of rotatable bonds is 7. The zero-order valence-electron chi connectivity index (χ0n) is 15.6. The predicted molar refractivity (Wildman–Crippen MR) is 109 cm³/mol. The SMILES string of the molecule is Cc1cccc(NC(=O)COc2ccccc2C(=O)NCc2ccccc2)c1. The van der Waals surface area contributed by atoms with Gasteiger partial charge in [-0.25, -0.2) is 0 Å². The van der Waals surface area contributed by atoms with Crippen molar-refractivity contribution in [1.82, 2.24) is 5.32 Å². The lowest BCUT2D eigenvalue weighted by Gasteiger charge is -2.12. The highest BCUT2D eigenvalue weighted by Crippen LogP contribution is 2.18. The number of hydrogen-bond acceptors (Lipinski definition) is 3. The van der Waals surface area contributed by atoms with Gasteiger partial charge in [0.2, 0.25) is 0 Å². The van der Waals surface area contributed by atoms with Gasteiger partial charge in [-0.1, -0.05) is 54.6 Å². The van der Waals surface area contributed by atoms with Crippen molar-refractivity contribution in [1.29, 1.82) is 0 Å². The number of carbonyl (C=O) groups is 2. The molecule has 0 fully saturated rings. The number of amides is 2. The van der Waals surface area contributed by atoms with Crippen molar-refractivity contribution in [3.8, 4) is 5.75 Å². The summed E-state index contributed by atoms with van der Waals surface area (Å²) in [6, 6.07) is 24.1. The summed E-state index contributed by atoms with van der Waals surface area (Å²) in [7, 11) is 0. The zero-order chi connectivity index (χ0) is 19.8. The molecule has 0 heterocycles. The van der Waals surface area contributed by atoms with Crippen molar-refractivity contribution in [3.63, 3.8) is 0 Å². The lowest BCUT2D eigenvalue weighted by atomic mass is 10.1. The highest BCUT2D eigenvalue weighted by atomic mass is 16.5. The van der Waals surface area contributed by atoms with E-state index in [0.717, 1.165) is 11.1 Å². The minimum absolute atomic E-state index is 0.184. The molecule has 3 aromatic rings. The lowest BCUT2D eigenvalue weighted by molar-refractivity contribution is -0.118. The third kappa shape index (κ3) is 5.45. The fourth-order valence-corrected chi connectivity index (χ4v) is 2.72. The molecule has 5 nitrogen and oxygen atoms in total. The van der Waals surface area contributed by atoms with Crippen LogP contribution in [0.2, 0.25) is 0 Å². The van der Waals surface area contributed by atoms with Gasteiger partial charge in [-0.15, -0.1) is 0 Å². The molecule has 0 unspecified atom stereocenters. The fourth-order valence-electron chi connectivity index (χ4n) is 2.72. The van der Waals surface area contributed by atoms with Crippen molar-refractivity contribution in [2.24, 2.45) is 0 Å². The van der Waals surface area contributed by atoms with E-state index in [4.69, 9.17) is 4.74 Å². The van der Waals surface area contributed by atoms with Crippen LogP contribution < -0.4 is 15.4 Å². The van der Waals surface area contributed by atoms with E-state index in [0.29, 0.717) is 23.5 Å². The highest BCUT2D eigenvalue weighted by Gasteiger charge is 2.13. The largest absolute Gasteiger partial charge is 0.483 e. The summed E-state index contributed by atoms with van der Waals surface area (Å²) in [5.41, 5.74) is 3.16. The van der Waals surface area contributed by atoms with Gasteiger partial charge in [0.25, 0.3) is 11.8 Å². The molecule has 5 heteroatoms. The van der Waals surface area contributed by atoms with Gasteiger partial charge in [0.1, 0.15) is 5.75 Å². The Hall–Kier alpha value is -3.60. The number of nitrogens with one attached hydrogen (secondary N) is 2. The number of anilines is 1. The standard InChI is InChI=1S/C23H22N2O3/c1-17-8-7-11-19(14-17)25-22(26)16-28-21-13-6-5-12-20(21)23(27)24-15-18-9-3-2-4-10-18/h2-14H,15-16H2,1H3,(H,24,27)(H,25,26). The first kappa shape index (κ1) is 19.2. The van der Waals surface area contributed by atoms with Gasteiger partial charge in [-0.2, -0.15) is 0 Å². The van der Waals surface area contributed by atoms with Gasteiger partial charge < -0.3 is 15.4 Å². The zero-order valence-corrected chi connectivity index (χ0v) is 15.6. The van der Waals surface area contributed by atoms with Crippen LogP contribution in [0.15, 0.2) is 78.9 Å².